The Morgan fingerprint density at radius 2 is 2.33 bits per heavy atom. The van der Waals surface area contributed by atoms with Crippen LogP contribution in [0.25, 0.3) is 0 Å². The maximum atomic E-state index is 2.16. The molecule has 3 heteroatoms. The third-order valence-corrected chi connectivity index (χ3v) is 2.30. The Kier molecular flexibility index (Phi) is 5.10. The van der Waals surface area contributed by atoms with Crippen molar-refractivity contribution >= 4 is 21.6 Å². The van der Waals surface area contributed by atoms with E-state index in [-0.39, 0.29) is 21.1 Å². The van der Waals surface area contributed by atoms with Crippen LogP contribution in [0.15, 0.2) is 11.5 Å². The van der Waals surface area contributed by atoms with Gasteiger partial charge in [-0.1, -0.05) is 27.7 Å². The zero-order valence-electron chi connectivity index (χ0n) is 2.99. The van der Waals surface area contributed by atoms with Crippen LogP contribution in [0.4, 0.5) is 0 Å². The van der Waals surface area contributed by atoms with Gasteiger partial charge in [0, 0.05) is 26.8 Å². The number of hydrogen-bond donors (Lipinski definition) is 0. The first-order valence-electron chi connectivity index (χ1n) is 1.43. The van der Waals surface area contributed by atoms with Crippen LogP contribution < -0.4 is 0 Å². The average Bonchev–Trinajstić information content (AvgIpc) is 1.76. The van der Waals surface area contributed by atoms with Crippen LogP contribution >= 0.6 is 21.6 Å². The molecule has 1 rings (SSSR count). The monoisotopic (exact) mass is 299 g/mol. The standard InChI is InChI=1S/C3H4S2.Pt/c1-2-4-5-3-1;/h1-2H,3H2;. The van der Waals surface area contributed by atoms with Gasteiger partial charge in [-0.25, -0.2) is 0 Å². The molecule has 0 aromatic heterocycles. The van der Waals surface area contributed by atoms with Crippen molar-refractivity contribution in [3.63, 3.8) is 0 Å². The summed E-state index contributed by atoms with van der Waals surface area (Å²) in [5.41, 5.74) is 0. The first kappa shape index (κ1) is 7.13. The molecule has 0 radical (unpaired) electrons. The van der Waals surface area contributed by atoms with Gasteiger partial charge in [-0.3, -0.25) is 0 Å². The SMILES string of the molecule is C1=CSSC1.[Pt]. The number of hydrogen-bond acceptors (Lipinski definition) is 2. The van der Waals surface area contributed by atoms with Crippen molar-refractivity contribution in [1.82, 2.24) is 0 Å². The Morgan fingerprint density at radius 1 is 1.50 bits per heavy atom. The molecule has 0 fully saturated rings. The summed E-state index contributed by atoms with van der Waals surface area (Å²) < 4.78 is 0. The predicted molar refractivity (Wildman–Crippen MR) is 29.2 cm³/mol. The minimum atomic E-state index is 0. The van der Waals surface area contributed by atoms with Crippen molar-refractivity contribution in [3.8, 4) is 0 Å². The molecule has 0 amide bonds. The van der Waals surface area contributed by atoms with E-state index in [1.165, 1.54) is 5.75 Å². The topological polar surface area (TPSA) is 0 Å². The minimum Gasteiger partial charge on any atom is -0.0854 e. The average molecular weight is 299 g/mol. The molecule has 38 valence electrons. The smallest absolute Gasteiger partial charge is 0.0229 e. The van der Waals surface area contributed by atoms with E-state index in [1.807, 2.05) is 21.6 Å². The van der Waals surface area contributed by atoms with Gasteiger partial charge in [-0.05, 0) is 5.41 Å². The van der Waals surface area contributed by atoms with E-state index in [1.54, 1.807) is 0 Å². The van der Waals surface area contributed by atoms with Crippen LogP contribution in [0, 0.1) is 0 Å². The third kappa shape index (κ3) is 2.33. The second-order valence-electron chi connectivity index (χ2n) is 0.753. The van der Waals surface area contributed by atoms with Gasteiger partial charge in [0.05, 0.1) is 0 Å². The van der Waals surface area contributed by atoms with Crippen molar-refractivity contribution < 1.29 is 21.1 Å². The van der Waals surface area contributed by atoms with Crippen LogP contribution in [0.5, 0.6) is 0 Å². The van der Waals surface area contributed by atoms with Crippen molar-refractivity contribution in [2.24, 2.45) is 0 Å². The molecule has 1 heterocycles. The van der Waals surface area contributed by atoms with E-state index >= 15 is 0 Å². The molecule has 0 atom stereocenters. The normalized spacial score (nSPS) is 17.3. The van der Waals surface area contributed by atoms with E-state index in [0.29, 0.717) is 0 Å². The van der Waals surface area contributed by atoms with Gasteiger partial charge >= 0.3 is 0 Å². The van der Waals surface area contributed by atoms with Crippen molar-refractivity contribution in [3.05, 3.63) is 11.5 Å². The van der Waals surface area contributed by atoms with E-state index < -0.39 is 0 Å². The molecule has 0 aliphatic carbocycles. The second-order valence-corrected chi connectivity index (χ2v) is 3.07. The molecule has 0 aromatic rings. The van der Waals surface area contributed by atoms with Crippen LogP contribution in [-0.2, 0) is 21.1 Å². The number of rotatable bonds is 0. The Morgan fingerprint density at radius 3 is 2.50 bits per heavy atom. The quantitative estimate of drug-likeness (QED) is 0.627. The molecular weight excluding hydrogens is 295 g/mol. The van der Waals surface area contributed by atoms with Crippen LogP contribution in [0.1, 0.15) is 0 Å². The predicted octanol–water partition coefficient (Wildman–Crippen LogP) is 1.89. The third-order valence-electron chi connectivity index (χ3n) is 0.384. The summed E-state index contributed by atoms with van der Waals surface area (Å²) in [7, 11) is 3.69. The summed E-state index contributed by atoms with van der Waals surface area (Å²) in [6.07, 6.45) is 2.16. The van der Waals surface area contributed by atoms with Crippen molar-refractivity contribution in [1.29, 1.82) is 0 Å². The van der Waals surface area contributed by atoms with Crippen LogP contribution in [-0.4, -0.2) is 5.75 Å². The molecule has 0 bridgehead atoms. The van der Waals surface area contributed by atoms with Gasteiger partial charge in [0.2, 0.25) is 0 Å². The summed E-state index contributed by atoms with van der Waals surface area (Å²) in [6.45, 7) is 0. The van der Waals surface area contributed by atoms with Crippen molar-refractivity contribution in [2.45, 2.75) is 0 Å². The summed E-state index contributed by atoms with van der Waals surface area (Å²) in [5.74, 6) is 1.20. The Hall–Kier alpha value is 1.13. The summed E-state index contributed by atoms with van der Waals surface area (Å²) in [4.78, 5) is 0. The Balaban J connectivity index is 0.000000250. The maximum absolute atomic E-state index is 2.16. The molecule has 6 heavy (non-hydrogen) atoms. The summed E-state index contributed by atoms with van der Waals surface area (Å²) in [6, 6.07) is 0. The fraction of sp³-hybridized carbons (Fsp3) is 0.333. The molecule has 0 saturated heterocycles. The van der Waals surface area contributed by atoms with Crippen LogP contribution in [0.3, 0.4) is 0 Å². The van der Waals surface area contributed by atoms with Crippen LogP contribution in [0.2, 0.25) is 0 Å². The fourth-order valence-corrected chi connectivity index (χ4v) is 1.77. The maximum Gasteiger partial charge on any atom is 0.0229 e. The van der Waals surface area contributed by atoms with Gasteiger partial charge in [0.25, 0.3) is 0 Å². The van der Waals surface area contributed by atoms with Gasteiger partial charge in [-0.2, -0.15) is 0 Å². The fourth-order valence-electron chi connectivity index (χ4n) is 0.196. The minimum absolute atomic E-state index is 0. The molecular formula is C3H4PtS2. The zero-order valence-corrected chi connectivity index (χ0v) is 6.90. The van der Waals surface area contributed by atoms with E-state index in [2.05, 4.69) is 11.5 Å². The molecule has 0 spiro atoms. The van der Waals surface area contributed by atoms with E-state index in [4.69, 9.17) is 0 Å². The second kappa shape index (κ2) is 4.29. The van der Waals surface area contributed by atoms with Crippen molar-refractivity contribution in [2.75, 3.05) is 5.75 Å². The van der Waals surface area contributed by atoms with E-state index in [0.717, 1.165) is 0 Å². The first-order valence-corrected chi connectivity index (χ1v) is 3.81. The molecule has 1 aliphatic heterocycles. The molecule has 0 aromatic carbocycles. The molecule has 0 nitrogen and oxygen atoms in total. The Bertz CT molecular complexity index is 46.8. The summed E-state index contributed by atoms with van der Waals surface area (Å²) in [5, 5.41) is 2.12. The molecule has 1 aliphatic rings. The molecule has 0 saturated carbocycles. The van der Waals surface area contributed by atoms with E-state index in [9.17, 15) is 0 Å². The first-order chi connectivity index (χ1) is 2.50. The Labute approximate surface area is 59.8 Å². The van der Waals surface area contributed by atoms with Gasteiger partial charge in [0.15, 0.2) is 0 Å². The van der Waals surface area contributed by atoms with Gasteiger partial charge in [0.1, 0.15) is 0 Å². The van der Waals surface area contributed by atoms with Gasteiger partial charge in [-0.15, -0.1) is 0 Å². The molecule has 0 unspecified atom stereocenters. The molecule has 0 N–H and O–H groups in total. The zero-order chi connectivity index (χ0) is 3.54. The van der Waals surface area contributed by atoms with Gasteiger partial charge < -0.3 is 0 Å². The largest absolute Gasteiger partial charge is 0.0854 e. The summed E-state index contributed by atoms with van der Waals surface area (Å²) >= 11 is 0.